The lowest BCUT2D eigenvalue weighted by Gasteiger charge is -1.99. The predicted molar refractivity (Wildman–Crippen MR) is 52.0 cm³/mol. The summed E-state index contributed by atoms with van der Waals surface area (Å²) in [6.07, 6.45) is 0. The van der Waals surface area contributed by atoms with E-state index in [2.05, 4.69) is 10.1 Å². The van der Waals surface area contributed by atoms with Gasteiger partial charge in [0, 0.05) is 16.2 Å². The first kappa shape index (κ1) is 8.26. The van der Waals surface area contributed by atoms with Gasteiger partial charge in [0.15, 0.2) is 0 Å². The quantitative estimate of drug-likeness (QED) is 0.647. The van der Waals surface area contributed by atoms with Crippen LogP contribution in [0.5, 0.6) is 0 Å². The molecule has 0 aliphatic rings. The molecule has 0 fully saturated rings. The van der Waals surface area contributed by atoms with Gasteiger partial charge >= 0.3 is 5.97 Å². The molecule has 0 atom stereocenters. The Labute approximate surface area is 79.8 Å². The van der Waals surface area contributed by atoms with E-state index in [1.165, 1.54) is 18.4 Å². The van der Waals surface area contributed by atoms with E-state index >= 15 is 0 Å². The van der Waals surface area contributed by atoms with Gasteiger partial charge in [0.2, 0.25) is 0 Å². The van der Waals surface area contributed by atoms with Crippen molar-refractivity contribution >= 4 is 28.1 Å². The molecule has 2 nitrogen and oxygen atoms in total. The van der Waals surface area contributed by atoms with Gasteiger partial charge in [-0.2, -0.15) is 0 Å². The molecule has 2 aromatic rings. The van der Waals surface area contributed by atoms with Crippen LogP contribution in [-0.2, 0) is 4.74 Å². The van der Waals surface area contributed by atoms with E-state index in [0.717, 1.165) is 10.8 Å². The van der Waals surface area contributed by atoms with Crippen molar-refractivity contribution in [1.82, 2.24) is 0 Å². The Morgan fingerprint density at radius 1 is 1.54 bits per heavy atom. The number of thiophene rings is 1. The fourth-order valence-corrected chi connectivity index (χ4v) is 1.96. The standard InChI is InChI=1S/C10H7O2S/c1-12-10(11)8-4-2-3-7-5-13-6-9(7)8/h2-4,6H,1H3. The number of fused-ring (bicyclic) bond motifs is 1. The van der Waals surface area contributed by atoms with E-state index in [0.29, 0.717) is 5.56 Å². The Bertz CT molecular complexity index is 445. The second-order valence-corrected chi connectivity index (χ2v) is 3.27. The largest absolute Gasteiger partial charge is 0.465 e. The molecule has 0 spiro atoms. The Balaban J connectivity index is 2.67. The molecular formula is C10H7O2S. The van der Waals surface area contributed by atoms with Gasteiger partial charge in [-0.05, 0) is 6.07 Å². The van der Waals surface area contributed by atoms with E-state index in [-0.39, 0.29) is 5.97 Å². The van der Waals surface area contributed by atoms with Crippen molar-refractivity contribution in [3.8, 4) is 0 Å². The summed E-state index contributed by atoms with van der Waals surface area (Å²) in [6.45, 7) is 0. The molecule has 3 heteroatoms. The van der Waals surface area contributed by atoms with Gasteiger partial charge in [-0.15, -0.1) is 11.3 Å². The maximum absolute atomic E-state index is 11.3. The molecule has 13 heavy (non-hydrogen) atoms. The third-order valence-electron chi connectivity index (χ3n) is 1.86. The van der Waals surface area contributed by atoms with Gasteiger partial charge in [0.05, 0.1) is 18.1 Å². The summed E-state index contributed by atoms with van der Waals surface area (Å²) >= 11 is 1.46. The van der Waals surface area contributed by atoms with Gasteiger partial charge in [-0.25, -0.2) is 4.79 Å². The van der Waals surface area contributed by atoms with Crippen molar-refractivity contribution in [3.05, 3.63) is 34.5 Å². The molecular weight excluding hydrogens is 184 g/mol. The minimum absolute atomic E-state index is 0.294. The summed E-state index contributed by atoms with van der Waals surface area (Å²) in [7, 11) is 1.39. The Kier molecular flexibility index (Phi) is 2.02. The molecule has 1 aromatic heterocycles. The first-order valence-corrected chi connectivity index (χ1v) is 4.67. The zero-order valence-corrected chi connectivity index (χ0v) is 7.85. The molecule has 0 saturated heterocycles. The topological polar surface area (TPSA) is 26.3 Å². The maximum Gasteiger partial charge on any atom is 0.338 e. The fourth-order valence-electron chi connectivity index (χ4n) is 1.22. The average molecular weight is 191 g/mol. The number of benzene rings is 1. The number of methoxy groups -OCH3 is 1. The molecule has 0 aliphatic heterocycles. The van der Waals surface area contributed by atoms with Gasteiger partial charge in [-0.1, -0.05) is 12.1 Å². The van der Waals surface area contributed by atoms with Crippen LogP contribution in [0, 0.1) is 5.38 Å². The van der Waals surface area contributed by atoms with Crippen molar-refractivity contribution in [2.24, 2.45) is 0 Å². The molecule has 0 saturated carbocycles. The maximum atomic E-state index is 11.3. The number of carbonyl (C=O) groups is 1. The smallest absolute Gasteiger partial charge is 0.338 e. The van der Waals surface area contributed by atoms with Crippen LogP contribution in [0.1, 0.15) is 10.4 Å². The van der Waals surface area contributed by atoms with Gasteiger partial charge in [-0.3, -0.25) is 0 Å². The highest BCUT2D eigenvalue weighted by atomic mass is 32.1. The number of esters is 1. The predicted octanol–water partition coefficient (Wildman–Crippen LogP) is 2.49. The third-order valence-corrected chi connectivity index (χ3v) is 2.55. The van der Waals surface area contributed by atoms with Crippen LogP contribution in [0.15, 0.2) is 23.6 Å². The highest BCUT2D eigenvalue weighted by molar-refractivity contribution is 7.08. The number of ether oxygens (including phenoxy) is 1. The molecule has 1 heterocycles. The van der Waals surface area contributed by atoms with Crippen LogP contribution in [0.2, 0.25) is 0 Å². The Morgan fingerprint density at radius 2 is 2.38 bits per heavy atom. The van der Waals surface area contributed by atoms with Crippen molar-refractivity contribution < 1.29 is 9.53 Å². The molecule has 1 radical (unpaired) electrons. The molecule has 0 bridgehead atoms. The fraction of sp³-hybridized carbons (Fsp3) is 0.100. The Hall–Kier alpha value is -1.35. The molecule has 0 aliphatic carbocycles. The summed E-state index contributed by atoms with van der Waals surface area (Å²) < 4.78 is 4.67. The van der Waals surface area contributed by atoms with Gasteiger partial charge in [0.1, 0.15) is 0 Å². The van der Waals surface area contributed by atoms with E-state index in [4.69, 9.17) is 0 Å². The SMILES string of the molecule is COC(=O)c1cccc2[c]scc12. The highest BCUT2D eigenvalue weighted by Gasteiger charge is 2.09. The highest BCUT2D eigenvalue weighted by Crippen LogP contribution is 2.22. The minimum atomic E-state index is -0.294. The molecule has 0 amide bonds. The molecule has 65 valence electrons. The van der Waals surface area contributed by atoms with Gasteiger partial charge in [0.25, 0.3) is 0 Å². The second kappa shape index (κ2) is 3.18. The van der Waals surface area contributed by atoms with Crippen molar-refractivity contribution in [3.63, 3.8) is 0 Å². The summed E-state index contributed by atoms with van der Waals surface area (Å²) in [5.41, 5.74) is 0.609. The lowest BCUT2D eigenvalue weighted by atomic mass is 10.1. The normalized spacial score (nSPS) is 10.2. The Morgan fingerprint density at radius 3 is 3.15 bits per heavy atom. The van der Waals surface area contributed by atoms with Crippen LogP contribution >= 0.6 is 11.3 Å². The zero-order valence-electron chi connectivity index (χ0n) is 7.03. The lowest BCUT2D eigenvalue weighted by Crippen LogP contribution is -2.00. The minimum Gasteiger partial charge on any atom is -0.465 e. The van der Waals surface area contributed by atoms with E-state index < -0.39 is 0 Å². The average Bonchev–Trinajstić information content (AvgIpc) is 2.63. The number of rotatable bonds is 1. The van der Waals surface area contributed by atoms with E-state index in [1.54, 1.807) is 6.07 Å². The van der Waals surface area contributed by atoms with Crippen molar-refractivity contribution in [2.45, 2.75) is 0 Å². The summed E-state index contributed by atoms with van der Waals surface area (Å²) in [5, 5.41) is 6.86. The van der Waals surface area contributed by atoms with Crippen LogP contribution in [-0.4, -0.2) is 13.1 Å². The van der Waals surface area contributed by atoms with Crippen LogP contribution in [0.25, 0.3) is 10.8 Å². The van der Waals surface area contributed by atoms with Crippen molar-refractivity contribution in [2.75, 3.05) is 7.11 Å². The number of carbonyl (C=O) groups excluding carboxylic acids is 1. The van der Waals surface area contributed by atoms with Crippen LogP contribution in [0.3, 0.4) is 0 Å². The summed E-state index contributed by atoms with van der Waals surface area (Å²) in [6, 6.07) is 5.52. The second-order valence-electron chi connectivity index (χ2n) is 2.60. The number of hydrogen-bond acceptors (Lipinski definition) is 3. The van der Waals surface area contributed by atoms with Crippen LogP contribution < -0.4 is 0 Å². The summed E-state index contributed by atoms with van der Waals surface area (Å²) in [5.74, 6) is -0.294. The lowest BCUT2D eigenvalue weighted by molar-refractivity contribution is 0.0603. The van der Waals surface area contributed by atoms with Gasteiger partial charge < -0.3 is 4.74 Å². The van der Waals surface area contributed by atoms with E-state index in [1.807, 2.05) is 17.5 Å². The third kappa shape index (κ3) is 1.31. The molecule has 0 unspecified atom stereocenters. The molecule has 2 rings (SSSR count). The van der Waals surface area contributed by atoms with Crippen LogP contribution in [0.4, 0.5) is 0 Å². The number of hydrogen-bond donors (Lipinski definition) is 0. The zero-order chi connectivity index (χ0) is 9.26. The monoisotopic (exact) mass is 191 g/mol. The van der Waals surface area contributed by atoms with E-state index in [9.17, 15) is 4.79 Å². The first-order valence-electron chi connectivity index (χ1n) is 3.79. The van der Waals surface area contributed by atoms with Crippen molar-refractivity contribution in [1.29, 1.82) is 0 Å². The molecule has 0 N–H and O–H groups in total. The molecule has 1 aromatic carbocycles. The summed E-state index contributed by atoms with van der Waals surface area (Å²) in [4.78, 5) is 11.3. The first-order chi connectivity index (χ1) is 6.33.